The highest BCUT2D eigenvalue weighted by atomic mass is 19.1. The van der Waals surface area contributed by atoms with Gasteiger partial charge in [-0.05, 0) is 29.8 Å². The summed E-state index contributed by atoms with van der Waals surface area (Å²) in [6.07, 6.45) is 0.402. The predicted molar refractivity (Wildman–Crippen MR) is 70.8 cm³/mol. The number of aldehydes is 1. The van der Waals surface area contributed by atoms with Crippen LogP contribution in [-0.4, -0.2) is 18.5 Å². The Morgan fingerprint density at radius 3 is 2.65 bits per heavy atom. The quantitative estimate of drug-likeness (QED) is 0.853. The third-order valence-corrected chi connectivity index (χ3v) is 2.76. The smallest absolute Gasteiger partial charge is 0.169 e. The average Bonchev–Trinajstić information content (AvgIpc) is 2.48. The Bertz CT molecular complexity index is 625. The first kappa shape index (κ1) is 14.0. The van der Waals surface area contributed by atoms with E-state index in [1.54, 1.807) is 18.2 Å². The molecule has 0 aliphatic heterocycles. The van der Waals surface area contributed by atoms with E-state index in [1.807, 2.05) is 0 Å². The van der Waals surface area contributed by atoms with E-state index in [2.05, 4.69) is 0 Å². The van der Waals surface area contributed by atoms with E-state index < -0.39 is 5.82 Å². The van der Waals surface area contributed by atoms with Crippen LogP contribution in [0, 0.1) is 5.82 Å². The van der Waals surface area contributed by atoms with Crippen molar-refractivity contribution in [2.75, 3.05) is 7.11 Å². The third kappa shape index (κ3) is 2.78. The lowest BCUT2D eigenvalue weighted by atomic mass is 10.2. The molecule has 2 aromatic carbocycles. The van der Waals surface area contributed by atoms with Crippen molar-refractivity contribution >= 4 is 6.29 Å². The first-order valence-electron chi connectivity index (χ1n) is 5.89. The van der Waals surface area contributed by atoms with Gasteiger partial charge in [-0.1, -0.05) is 12.1 Å². The number of hydrogen-bond acceptors (Lipinski definition) is 4. The number of carbonyl (C=O) groups is 1. The first-order valence-corrected chi connectivity index (χ1v) is 5.89. The van der Waals surface area contributed by atoms with Gasteiger partial charge in [0.2, 0.25) is 0 Å². The van der Waals surface area contributed by atoms with Crippen LogP contribution < -0.4 is 9.47 Å². The number of benzene rings is 2. The highest BCUT2D eigenvalue weighted by molar-refractivity contribution is 5.80. The van der Waals surface area contributed by atoms with E-state index in [9.17, 15) is 9.18 Å². The number of rotatable bonds is 5. The molecule has 0 radical (unpaired) electrons. The summed E-state index contributed by atoms with van der Waals surface area (Å²) in [5.41, 5.74) is 0.504. The van der Waals surface area contributed by atoms with Gasteiger partial charge in [0.05, 0.1) is 19.3 Å². The molecule has 0 saturated heterocycles. The Morgan fingerprint density at radius 2 is 2.00 bits per heavy atom. The van der Waals surface area contributed by atoms with Crippen LogP contribution in [-0.2, 0) is 6.61 Å². The number of aliphatic hydroxyl groups excluding tert-OH is 1. The second-order valence-corrected chi connectivity index (χ2v) is 4.01. The molecule has 0 fully saturated rings. The maximum atomic E-state index is 13.5. The van der Waals surface area contributed by atoms with Gasteiger partial charge >= 0.3 is 0 Å². The fourth-order valence-corrected chi connectivity index (χ4v) is 1.73. The molecule has 104 valence electrons. The molecule has 2 aromatic rings. The van der Waals surface area contributed by atoms with Gasteiger partial charge in [0.15, 0.2) is 17.8 Å². The van der Waals surface area contributed by atoms with Crippen molar-refractivity contribution in [1.82, 2.24) is 0 Å². The normalized spacial score (nSPS) is 10.2. The van der Waals surface area contributed by atoms with Gasteiger partial charge in [0.1, 0.15) is 11.6 Å². The van der Waals surface area contributed by atoms with E-state index in [0.717, 1.165) is 0 Å². The molecule has 0 spiro atoms. The maximum absolute atomic E-state index is 13.5. The SMILES string of the molecule is COc1cc(CO)ccc1Oc1cccc(F)c1C=O. The van der Waals surface area contributed by atoms with Crippen LogP contribution in [0.2, 0.25) is 0 Å². The standard InChI is InChI=1S/C15H13FO4/c1-19-15-7-10(8-17)5-6-14(15)20-13-4-2-3-12(16)11(13)9-18/h2-7,9,17H,8H2,1H3. The molecular weight excluding hydrogens is 263 g/mol. The molecule has 0 bridgehead atoms. The predicted octanol–water partition coefficient (Wildman–Crippen LogP) is 2.93. The minimum Gasteiger partial charge on any atom is -0.493 e. The van der Waals surface area contributed by atoms with Gasteiger partial charge in [0.25, 0.3) is 0 Å². The highest BCUT2D eigenvalue weighted by Crippen LogP contribution is 2.34. The van der Waals surface area contributed by atoms with Crippen LogP contribution in [0.1, 0.15) is 15.9 Å². The Morgan fingerprint density at radius 1 is 1.20 bits per heavy atom. The van der Waals surface area contributed by atoms with Crippen molar-refractivity contribution in [1.29, 1.82) is 0 Å². The average molecular weight is 276 g/mol. The zero-order valence-corrected chi connectivity index (χ0v) is 10.8. The zero-order chi connectivity index (χ0) is 14.5. The topological polar surface area (TPSA) is 55.8 Å². The number of methoxy groups -OCH3 is 1. The summed E-state index contributed by atoms with van der Waals surface area (Å²) in [5.74, 6) is 0.176. The lowest BCUT2D eigenvalue weighted by Gasteiger charge is -2.12. The summed E-state index contributed by atoms with van der Waals surface area (Å²) in [6, 6.07) is 8.97. The van der Waals surface area contributed by atoms with E-state index in [-0.39, 0.29) is 17.9 Å². The molecule has 2 rings (SSSR count). The monoisotopic (exact) mass is 276 g/mol. The Kier molecular flexibility index (Phi) is 4.32. The summed E-state index contributed by atoms with van der Waals surface area (Å²) in [5, 5.41) is 9.06. The van der Waals surface area contributed by atoms with Crippen LogP contribution in [0.5, 0.6) is 17.2 Å². The molecule has 0 amide bonds. The molecule has 4 nitrogen and oxygen atoms in total. The highest BCUT2D eigenvalue weighted by Gasteiger charge is 2.12. The second-order valence-electron chi connectivity index (χ2n) is 4.01. The lowest BCUT2D eigenvalue weighted by molar-refractivity contribution is 0.111. The van der Waals surface area contributed by atoms with E-state index >= 15 is 0 Å². The van der Waals surface area contributed by atoms with Crippen LogP contribution >= 0.6 is 0 Å². The summed E-state index contributed by atoms with van der Waals surface area (Å²) in [4.78, 5) is 10.9. The number of halogens is 1. The zero-order valence-electron chi connectivity index (χ0n) is 10.8. The molecule has 0 saturated carbocycles. The number of hydrogen-bond donors (Lipinski definition) is 1. The van der Waals surface area contributed by atoms with E-state index in [4.69, 9.17) is 14.6 Å². The van der Waals surface area contributed by atoms with Gasteiger partial charge in [0, 0.05) is 0 Å². The number of ether oxygens (including phenoxy) is 2. The summed E-state index contributed by atoms with van der Waals surface area (Å²) in [6.45, 7) is -0.129. The van der Waals surface area contributed by atoms with Crippen molar-refractivity contribution in [2.24, 2.45) is 0 Å². The molecule has 0 heterocycles. The molecule has 20 heavy (non-hydrogen) atoms. The summed E-state index contributed by atoms with van der Waals surface area (Å²) in [7, 11) is 1.45. The third-order valence-electron chi connectivity index (χ3n) is 2.76. The van der Waals surface area contributed by atoms with Crippen LogP contribution in [0.15, 0.2) is 36.4 Å². The fraction of sp³-hybridized carbons (Fsp3) is 0.133. The fourth-order valence-electron chi connectivity index (χ4n) is 1.73. The Labute approximate surface area is 115 Å². The van der Waals surface area contributed by atoms with Gasteiger partial charge < -0.3 is 14.6 Å². The van der Waals surface area contributed by atoms with Crippen molar-refractivity contribution in [3.63, 3.8) is 0 Å². The molecule has 0 aliphatic carbocycles. The minimum absolute atomic E-state index is 0.107. The molecular formula is C15H13FO4. The molecule has 0 aliphatic rings. The van der Waals surface area contributed by atoms with Gasteiger partial charge in [-0.3, -0.25) is 4.79 Å². The van der Waals surface area contributed by atoms with Crippen molar-refractivity contribution in [3.05, 3.63) is 53.3 Å². The van der Waals surface area contributed by atoms with Gasteiger partial charge in [-0.15, -0.1) is 0 Å². The summed E-state index contributed by atoms with van der Waals surface area (Å²) < 4.78 is 24.1. The molecule has 0 aromatic heterocycles. The lowest BCUT2D eigenvalue weighted by Crippen LogP contribution is -1.96. The summed E-state index contributed by atoms with van der Waals surface area (Å²) >= 11 is 0. The Hall–Kier alpha value is -2.40. The van der Waals surface area contributed by atoms with Gasteiger partial charge in [-0.2, -0.15) is 0 Å². The van der Waals surface area contributed by atoms with Crippen LogP contribution in [0.25, 0.3) is 0 Å². The number of carbonyl (C=O) groups excluding carboxylic acids is 1. The largest absolute Gasteiger partial charge is 0.493 e. The van der Waals surface area contributed by atoms with Crippen molar-refractivity contribution in [2.45, 2.75) is 6.61 Å². The van der Waals surface area contributed by atoms with Gasteiger partial charge in [-0.25, -0.2) is 4.39 Å². The van der Waals surface area contributed by atoms with E-state index in [1.165, 1.54) is 25.3 Å². The van der Waals surface area contributed by atoms with E-state index in [0.29, 0.717) is 23.3 Å². The van der Waals surface area contributed by atoms with Crippen LogP contribution in [0.4, 0.5) is 4.39 Å². The molecule has 0 unspecified atom stereocenters. The molecule has 5 heteroatoms. The second kappa shape index (κ2) is 6.16. The first-order chi connectivity index (χ1) is 9.69. The Balaban J connectivity index is 2.39. The molecule has 1 N–H and O–H groups in total. The number of aliphatic hydroxyl groups is 1. The molecule has 0 atom stereocenters. The van der Waals surface area contributed by atoms with Crippen molar-refractivity contribution in [3.8, 4) is 17.2 Å². The maximum Gasteiger partial charge on any atom is 0.169 e. The minimum atomic E-state index is -0.650. The van der Waals surface area contributed by atoms with Crippen molar-refractivity contribution < 1.29 is 23.8 Å². The van der Waals surface area contributed by atoms with Crippen LogP contribution in [0.3, 0.4) is 0 Å².